The van der Waals surface area contributed by atoms with Crippen molar-refractivity contribution in [2.75, 3.05) is 46.5 Å². The molecule has 0 saturated carbocycles. The summed E-state index contributed by atoms with van der Waals surface area (Å²) in [4.78, 5) is 6.78. The van der Waals surface area contributed by atoms with Gasteiger partial charge in [-0.1, -0.05) is 42.5 Å². The molecule has 29 heavy (non-hydrogen) atoms. The molecule has 1 aliphatic heterocycles. The zero-order chi connectivity index (χ0) is 20.2. The maximum atomic E-state index is 5.72. The van der Waals surface area contributed by atoms with Crippen LogP contribution in [-0.4, -0.2) is 57.4 Å². The second-order valence-electron chi connectivity index (χ2n) is 7.02. The number of para-hydroxylation sites is 1. The minimum absolute atomic E-state index is 0.677. The molecule has 0 bridgehead atoms. The van der Waals surface area contributed by atoms with E-state index in [4.69, 9.17) is 9.47 Å². The van der Waals surface area contributed by atoms with Gasteiger partial charge in [0.1, 0.15) is 5.75 Å². The quantitative estimate of drug-likeness (QED) is 0.388. The zero-order valence-corrected chi connectivity index (χ0v) is 17.3. The molecule has 0 atom stereocenters. The van der Waals surface area contributed by atoms with Gasteiger partial charge in [-0.15, -0.1) is 0 Å². The average molecular weight is 397 g/mol. The number of hydrogen-bond acceptors (Lipinski definition) is 4. The molecule has 1 fully saturated rings. The second kappa shape index (κ2) is 12.1. The zero-order valence-electron chi connectivity index (χ0n) is 17.3. The Kier molecular flexibility index (Phi) is 8.82. The van der Waals surface area contributed by atoms with E-state index in [1.807, 2.05) is 30.3 Å². The lowest BCUT2D eigenvalue weighted by atomic mass is 10.1. The number of nitrogens with one attached hydrogen (secondary N) is 2. The number of guanidine groups is 1. The van der Waals surface area contributed by atoms with Crippen LogP contribution in [0.2, 0.25) is 0 Å². The topological polar surface area (TPSA) is 58.1 Å². The molecular formula is C23H32N4O2. The fraction of sp³-hybridized carbons (Fsp3) is 0.435. The number of benzene rings is 2. The summed E-state index contributed by atoms with van der Waals surface area (Å²) in [7, 11) is 1.80. The lowest BCUT2D eigenvalue weighted by molar-refractivity contribution is 0.0341. The number of aliphatic imine (C=N–C) groups is 1. The van der Waals surface area contributed by atoms with Crippen molar-refractivity contribution in [2.45, 2.75) is 19.5 Å². The fourth-order valence-corrected chi connectivity index (χ4v) is 3.27. The third kappa shape index (κ3) is 7.40. The van der Waals surface area contributed by atoms with Crippen molar-refractivity contribution in [1.82, 2.24) is 15.5 Å². The van der Waals surface area contributed by atoms with E-state index in [0.717, 1.165) is 64.1 Å². The number of rotatable bonds is 9. The maximum absolute atomic E-state index is 5.72. The Morgan fingerprint density at radius 1 is 1.00 bits per heavy atom. The Hall–Kier alpha value is -2.57. The summed E-state index contributed by atoms with van der Waals surface area (Å²) in [6, 6.07) is 18.5. The third-order valence-electron chi connectivity index (χ3n) is 4.91. The SMILES string of the molecule is CN=C(NCCCOc1ccccc1)NCc1ccccc1CN1CCOCC1. The highest BCUT2D eigenvalue weighted by Crippen LogP contribution is 2.13. The van der Waals surface area contributed by atoms with Gasteiger partial charge in [0.15, 0.2) is 5.96 Å². The van der Waals surface area contributed by atoms with E-state index in [1.54, 1.807) is 7.05 Å². The molecule has 6 nitrogen and oxygen atoms in total. The van der Waals surface area contributed by atoms with Crippen LogP contribution in [0.25, 0.3) is 0 Å². The standard InChI is InChI=1S/C23H32N4O2/c1-24-23(25-12-7-15-29-22-10-3-2-4-11-22)26-18-20-8-5-6-9-21(20)19-27-13-16-28-17-14-27/h2-6,8-11H,7,12-19H2,1H3,(H2,24,25,26). The predicted molar refractivity (Wildman–Crippen MR) is 117 cm³/mol. The first-order valence-corrected chi connectivity index (χ1v) is 10.3. The molecule has 1 saturated heterocycles. The van der Waals surface area contributed by atoms with Crippen LogP contribution in [0.1, 0.15) is 17.5 Å². The minimum atomic E-state index is 0.677. The van der Waals surface area contributed by atoms with Crippen molar-refractivity contribution in [3.05, 3.63) is 65.7 Å². The Morgan fingerprint density at radius 2 is 1.72 bits per heavy atom. The van der Waals surface area contributed by atoms with Gasteiger partial charge in [-0.3, -0.25) is 9.89 Å². The monoisotopic (exact) mass is 396 g/mol. The number of morpholine rings is 1. The summed E-state index contributed by atoms with van der Waals surface area (Å²) < 4.78 is 11.2. The first-order chi connectivity index (χ1) is 14.3. The van der Waals surface area contributed by atoms with Crippen LogP contribution in [-0.2, 0) is 17.8 Å². The first kappa shape index (κ1) is 21.1. The highest BCUT2D eigenvalue weighted by molar-refractivity contribution is 5.79. The molecule has 156 valence electrons. The Bertz CT molecular complexity index is 746. The van der Waals surface area contributed by atoms with Gasteiger partial charge in [0.05, 0.1) is 19.8 Å². The van der Waals surface area contributed by atoms with Gasteiger partial charge in [-0.05, 0) is 29.7 Å². The summed E-state index contributed by atoms with van der Waals surface area (Å²) >= 11 is 0. The van der Waals surface area contributed by atoms with Gasteiger partial charge in [0, 0.05) is 39.8 Å². The van der Waals surface area contributed by atoms with Crippen LogP contribution in [0, 0.1) is 0 Å². The summed E-state index contributed by atoms with van der Waals surface area (Å²) in [6.45, 7) is 6.84. The van der Waals surface area contributed by atoms with Gasteiger partial charge >= 0.3 is 0 Å². The predicted octanol–water partition coefficient (Wildman–Crippen LogP) is 2.65. The molecule has 0 aromatic heterocycles. The lowest BCUT2D eigenvalue weighted by Crippen LogP contribution is -2.38. The van der Waals surface area contributed by atoms with E-state index in [9.17, 15) is 0 Å². The van der Waals surface area contributed by atoms with Gasteiger partial charge in [0.2, 0.25) is 0 Å². The molecule has 1 heterocycles. The Morgan fingerprint density at radius 3 is 2.48 bits per heavy atom. The summed E-state index contributed by atoms with van der Waals surface area (Å²) in [5.41, 5.74) is 2.66. The van der Waals surface area contributed by atoms with E-state index in [2.05, 4.69) is 44.8 Å². The van der Waals surface area contributed by atoms with Crippen LogP contribution >= 0.6 is 0 Å². The molecule has 2 aromatic rings. The van der Waals surface area contributed by atoms with Crippen LogP contribution < -0.4 is 15.4 Å². The highest BCUT2D eigenvalue weighted by Gasteiger charge is 2.12. The largest absolute Gasteiger partial charge is 0.494 e. The van der Waals surface area contributed by atoms with E-state index in [1.165, 1.54) is 11.1 Å². The minimum Gasteiger partial charge on any atom is -0.494 e. The average Bonchev–Trinajstić information content (AvgIpc) is 2.78. The van der Waals surface area contributed by atoms with E-state index in [-0.39, 0.29) is 0 Å². The van der Waals surface area contributed by atoms with E-state index in [0.29, 0.717) is 6.61 Å². The van der Waals surface area contributed by atoms with E-state index >= 15 is 0 Å². The van der Waals surface area contributed by atoms with Crippen LogP contribution in [0.3, 0.4) is 0 Å². The van der Waals surface area contributed by atoms with Crippen molar-refractivity contribution >= 4 is 5.96 Å². The molecule has 6 heteroatoms. The molecule has 0 amide bonds. The van der Waals surface area contributed by atoms with Crippen molar-refractivity contribution < 1.29 is 9.47 Å². The van der Waals surface area contributed by atoms with Gasteiger partial charge in [0.25, 0.3) is 0 Å². The van der Waals surface area contributed by atoms with Gasteiger partial charge in [-0.2, -0.15) is 0 Å². The highest BCUT2D eigenvalue weighted by atomic mass is 16.5. The summed E-state index contributed by atoms with van der Waals surface area (Å²) in [5.74, 6) is 1.72. The Balaban J connectivity index is 1.40. The van der Waals surface area contributed by atoms with Crippen LogP contribution in [0.5, 0.6) is 5.75 Å². The smallest absolute Gasteiger partial charge is 0.191 e. The molecule has 0 aliphatic carbocycles. The van der Waals surface area contributed by atoms with Crippen molar-refractivity contribution in [3.8, 4) is 5.75 Å². The number of nitrogens with zero attached hydrogens (tertiary/aromatic N) is 2. The molecule has 3 rings (SSSR count). The molecule has 0 radical (unpaired) electrons. The van der Waals surface area contributed by atoms with Gasteiger partial charge in [-0.25, -0.2) is 0 Å². The fourth-order valence-electron chi connectivity index (χ4n) is 3.27. The number of hydrogen-bond donors (Lipinski definition) is 2. The molecular weight excluding hydrogens is 364 g/mol. The lowest BCUT2D eigenvalue weighted by Gasteiger charge is -2.27. The van der Waals surface area contributed by atoms with Crippen LogP contribution in [0.15, 0.2) is 59.6 Å². The summed E-state index contributed by atoms with van der Waals surface area (Å²) in [6.07, 6.45) is 0.906. The van der Waals surface area contributed by atoms with E-state index < -0.39 is 0 Å². The van der Waals surface area contributed by atoms with Crippen LogP contribution in [0.4, 0.5) is 0 Å². The van der Waals surface area contributed by atoms with Crippen molar-refractivity contribution in [2.24, 2.45) is 4.99 Å². The molecule has 2 aromatic carbocycles. The van der Waals surface area contributed by atoms with Crippen molar-refractivity contribution in [1.29, 1.82) is 0 Å². The second-order valence-corrected chi connectivity index (χ2v) is 7.02. The molecule has 2 N–H and O–H groups in total. The van der Waals surface area contributed by atoms with Crippen molar-refractivity contribution in [3.63, 3.8) is 0 Å². The summed E-state index contributed by atoms with van der Waals surface area (Å²) in [5, 5.41) is 6.79. The third-order valence-corrected chi connectivity index (χ3v) is 4.91. The number of ether oxygens (including phenoxy) is 2. The molecule has 1 aliphatic rings. The molecule has 0 unspecified atom stereocenters. The maximum Gasteiger partial charge on any atom is 0.191 e. The first-order valence-electron chi connectivity index (χ1n) is 10.3. The van der Waals surface area contributed by atoms with Gasteiger partial charge < -0.3 is 20.1 Å². The Labute approximate surface area is 173 Å². The molecule has 0 spiro atoms. The normalized spacial score (nSPS) is 15.1.